The number of rotatable bonds is 4. The van der Waals surface area contributed by atoms with E-state index in [4.69, 9.17) is 4.74 Å². The Hall–Kier alpha value is -1.24. The first-order valence-corrected chi connectivity index (χ1v) is 7.24. The number of ether oxygens (including phenoxy) is 1. The standard InChI is InChI=1S/C17H24O/c1-3-17(14-8-6-5-7-9-14)15-10-12-16(13-11-15)18-4-2/h3,10-14H,4-9H2,1-2H3. The van der Waals surface area contributed by atoms with Gasteiger partial charge >= 0.3 is 0 Å². The SMILES string of the molecule is CC=C(c1ccc(OCC)cc1)C1CCCCC1. The maximum Gasteiger partial charge on any atom is 0.119 e. The second-order valence-corrected chi connectivity index (χ2v) is 5.04. The summed E-state index contributed by atoms with van der Waals surface area (Å²) in [6.45, 7) is 4.92. The van der Waals surface area contributed by atoms with Gasteiger partial charge in [-0.15, -0.1) is 0 Å². The van der Waals surface area contributed by atoms with Crippen LogP contribution in [0.4, 0.5) is 0 Å². The minimum Gasteiger partial charge on any atom is -0.494 e. The van der Waals surface area contributed by atoms with Crippen LogP contribution in [0.1, 0.15) is 51.5 Å². The fourth-order valence-corrected chi connectivity index (χ4v) is 2.96. The Morgan fingerprint density at radius 1 is 1.17 bits per heavy atom. The molecule has 2 rings (SSSR count). The smallest absolute Gasteiger partial charge is 0.119 e. The molecular formula is C17H24O. The Morgan fingerprint density at radius 3 is 2.39 bits per heavy atom. The van der Waals surface area contributed by atoms with Gasteiger partial charge in [-0.1, -0.05) is 37.5 Å². The molecule has 0 heterocycles. The maximum absolute atomic E-state index is 5.50. The van der Waals surface area contributed by atoms with Crippen LogP contribution in [0.2, 0.25) is 0 Å². The van der Waals surface area contributed by atoms with E-state index < -0.39 is 0 Å². The molecule has 0 bridgehead atoms. The van der Waals surface area contributed by atoms with Crippen molar-refractivity contribution >= 4 is 5.57 Å². The molecule has 0 radical (unpaired) electrons. The summed E-state index contributed by atoms with van der Waals surface area (Å²) in [6, 6.07) is 8.58. The van der Waals surface area contributed by atoms with Crippen molar-refractivity contribution in [2.45, 2.75) is 46.0 Å². The first kappa shape index (κ1) is 13.2. The number of hydrogen-bond donors (Lipinski definition) is 0. The van der Waals surface area contributed by atoms with Crippen molar-refractivity contribution < 1.29 is 4.74 Å². The summed E-state index contributed by atoms with van der Waals surface area (Å²) in [4.78, 5) is 0. The summed E-state index contributed by atoms with van der Waals surface area (Å²) in [5.74, 6) is 1.74. The Labute approximate surface area is 111 Å². The van der Waals surface area contributed by atoms with Gasteiger partial charge in [-0.2, -0.15) is 0 Å². The van der Waals surface area contributed by atoms with E-state index >= 15 is 0 Å². The summed E-state index contributed by atoms with van der Waals surface area (Å²) in [6.07, 6.45) is 9.19. The zero-order valence-corrected chi connectivity index (χ0v) is 11.6. The molecule has 0 unspecified atom stereocenters. The van der Waals surface area contributed by atoms with Gasteiger partial charge in [0.2, 0.25) is 0 Å². The van der Waals surface area contributed by atoms with E-state index in [1.807, 2.05) is 6.92 Å². The lowest BCUT2D eigenvalue weighted by atomic mass is 9.81. The predicted octanol–water partition coefficient (Wildman–Crippen LogP) is 5.07. The van der Waals surface area contributed by atoms with E-state index in [1.165, 1.54) is 43.2 Å². The zero-order chi connectivity index (χ0) is 12.8. The average Bonchev–Trinajstić information content (AvgIpc) is 2.43. The van der Waals surface area contributed by atoms with Gasteiger partial charge in [0.25, 0.3) is 0 Å². The fourth-order valence-electron chi connectivity index (χ4n) is 2.96. The molecule has 1 nitrogen and oxygen atoms in total. The second-order valence-electron chi connectivity index (χ2n) is 5.04. The lowest BCUT2D eigenvalue weighted by Crippen LogP contribution is -2.08. The molecule has 0 amide bonds. The molecule has 0 atom stereocenters. The Balaban J connectivity index is 2.12. The van der Waals surface area contributed by atoms with Crippen molar-refractivity contribution in [1.29, 1.82) is 0 Å². The van der Waals surface area contributed by atoms with Crippen LogP contribution >= 0.6 is 0 Å². The number of benzene rings is 1. The lowest BCUT2D eigenvalue weighted by molar-refractivity contribution is 0.340. The molecule has 0 aliphatic heterocycles. The first-order chi connectivity index (χ1) is 8.85. The summed E-state index contributed by atoms with van der Waals surface area (Å²) < 4.78 is 5.50. The van der Waals surface area contributed by atoms with Crippen LogP contribution in [0.3, 0.4) is 0 Å². The van der Waals surface area contributed by atoms with Gasteiger partial charge in [-0.3, -0.25) is 0 Å². The molecule has 18 heavy (non-hydrogen) atoms. The van der Waals surface area contributed by atoms with Crippen molar-refractivity contribution in [3.05, 3.63) is 35.9 Å². The largest absolute Gasteiger partial charge is 0.494 e. The van der Waals surface area contributed by atoms with Crippen LogP contribution in [0.15, 0.2) is 30.3 Å². The molecule has 1 aromatic rings. The topological polar surface area (TPSA) is 9.23 Å². The summed E-state index contributed by atoms with van der Waals surface area (Å²) in [7, 11) is 0. The molecule has 1 saturated carbocycles. The van der Waals surface area contributed by atoms with E-state index in [0.717, 1.165) is 18.3 Å². The number of allylic oxidation sites excluding steroid dienone is 2. The lowest BCUT2D eigenvalue weighted by Gasteiger charge is -2.24. The van der Waals surface area contributed by atoms with E-state index in [-0.39, 0.29) is 0 Å². The fraction of sp³-hybridized carbons (Fsp3) is 0.529. The monoisotopic (exact) mass is 244 g/mol. The van der Waals surface area contributed by atoms with E-state index in [9.17, 15) is 0 Å². The van der Waals surface area contributed by atoms with Crippen molar-refractivity contribution in [3.8, 4) is 5.75 Å². The zero-order valence-electron chi connectivity index (χ0n) is 11.6. The third-order valence-electron chi connectivity index (χ3n) is 3.85. The molecule has 98 valence electrons. The van der Waals surface area contributed by atoms with Gasteiger partial charge in [0.1, 0.15) is 5.75 Å². The molecule has 1 fully saturated rings. The molecule has 0 saturated heterocycles. The highest BCUT2D eigenvalue weighted by Gasteiger charge is 2.18. The molecule has 1 aromatic carbocycles. The number of hydrogen-bond acceptors (Lipinski definition) is 1. The minimum absolute atomic E-state index is 0.735. The Kier molecular flexibility index (Phi) is 4.86. The molecule has 0 aromatic heterocycles. The molecule has 1 aliphatic rings. The van der Waals surface area contributed by atoms with Gasteiger partial charge in [-0.25, -0.2) is 0 Å². The highest BCUT2D eigenvalue weighted by atomic mass is 16.5. The van der Waals surface area contributed by atoms with E-state index in [2.05, 4.69) is 37.3 Å². The van der Waals surface area contributed by atoms with Crippen molar-refractivity contribution in [2.75, 3.05) is 6.61 Å². The van der Waals surface area contributed by atoms with E-state index in [0.29, 0.717) is 0 Å². The van der Waals surface area contributed by atoms with Gasteiger partial charge in [0.05, 0.1) is 6.61 Å². The van der Waals surface area contributed by atoms with Crippen LogP contribution in [0, 0.1) is 5.92 Å². The van der Waals surface area contributed by atoms with Crippen LogP contribution in [0.5, 0.6) is 5.75 Å². The Morgan fingerprint density at radius 2 is 1.83 bits per heavy atom. The maximum atomic E-state index is 5.50. The van der Waals surface area contributed by atoms with Crippen molar-refractivity contribution in [3.63, 3.8) is 0 Å². The Bertz CT molecular complexity index is 383. The van der Waals surface area contributed by atoms with Crippen molar-refractivity contribution in [2.24, 2.45) is 5.92 Å². The summed E-state index contributed by atoms with van der Waals surface area (Å²) in [5.41, 5.74) is 2.89. The highest BCUT2D eigenvalue weighted by molar-refractivity contribution is 5.67. The normalized spacial score (nSPS) is 17.8. The van der Waals surface area contributed by atoms with Crippen LogP contribution < -0.4 is 4.74 Å². The molecule has 1 aliphatic carbocycles. The summed E-state index contributed by atoms with van der Waals surface area (Å²) in [5, 5.41) is 0. The van der Waals surface area contributed by atoms with Gasteiger partial charge in [0, 0.05) is 0 Å². The van der Waals surface area contributed by atoms with E-state index in [1.54, 1.807) is 0 Å². The highest BCUT2D eigenvalue weighted by Crippen LogP contribution is 2.35. The van der Waals surface area contributed by atoms with Gasteiger partial charge in [0.15, 0.2) is 0 Å². The third kappa shape index (κ3) is 3.16. The van der Waals surface area contributed by atoms with Crippen LogP contribution in [-0.4, -0.2) is 6.61 Å². The minimum atomic E-state index is 0.735. The van der Waals surface area contributed by atoms with Crippen LogP contribution in [0.25, 0.3) is 5.57 Å². The third-order valence-corrected chi connectivity index (χ3v) is 3.85. The average molecular weight is 244 g/mol. The van der Waals surface area contributed by atoms with Crippen LogP contribution in [-0.2, 0) is 0 Å². The molecule has 1 heteroatoms. The second kappa shape index (κ2) is 6.63. The van der Waals surface area contributed by atoms with Crippen molar-refractivity contribution in [1.82, 2.24) is 0 Å². The van der Waals surface area contributed by atoms with Gasteiger partial charge in [-0.05, 0) is 55.9 Å². The molecule has 0 spiro atoms. The molecular weight excluding hydrogens is 220 g/mol. The quantitative estimate of drug-likeness (QED) is 0.718. The predicted molar refractivity (Wildman–Crippen MR) is 77.8 cm³/mol. The summed E-state index contributed by atoms with van der Waals surface area (Å²) >= 11 is 0. The molecule has 0 N–H and O–H groups in total. The first-order valence-electron chi connectivity index (χ1n) is 7.24. The van der Waals surface area contributed by atoms with Gasteiger partial charge < -0.3 is 4.74 Å².